The number of para-hydroxylation sites is 2. The fourth-order valence-corrected chi connectivity index (χ4v) is 3.90. The second-order valence-corrected chi connectivity index (χ2v) is 7.66. The number of fused-ring (bicyclic) bond motifs is 3. The topological polar surface area (TPSA) is 78.4 Å². The number of ether oxygens (including phenoxy) is 3. The molecule has 8 heteroatoms. The summed E-state index contributed by atoms with van der Waals surface area (Å²) in [6.45, 7) is 4.60. The van der Waals surface area contributed by atoms with Crippen LogP contribution in [0.25, 0.3) is 11.3 Å². The number of benzene rings is 2. The summed E-state index contributed by atoms with van der Waals surface area (Å²) in [6.07, 6.45) is 0.490. The molecule has 0 radical (unpaired) electrons. The van der Waals surface area contributed by atoms with Crippen LogP contribution in [0.4, 0.5) is 5.69 Å². The van der Waals surface area contributed by atoms with Crippen LogP contribution in [0.2, 0.25) is 0 Å². The zero-order valence-electron chi connectivity index (χ0n) is 17.2. The Labute approximate surface area is 180 Å². The van der Waals surface area contributed by atoms with Crippen LogP contribution in [-0.4, -0.2) is 34.7 Å². The van der Waals surface area contributed by atoms with Crippen molar-refractivity contribution in [3.63, 3.8) is 0 Å². The number of nitrogens with one attached hydrogen (secondary N) is 1. The SMILES string of the molecule is CCCSc1nnc2c(n1)O[C@H](c1cccc(OCC)c1OC)Nc1ccccc1-2. The minimum Gasteiger partial charge on any atom is -0.492 e. The Morgan fingerprint density at radius 1 is 1.10 bits per heavy atom. The molecule has 2 aromatic carbocycles. The minimum absolute atomic E-state index is 0.440. The van der Waals surface area contributed by atoms with Crippen LogP contribution < -0.4 is 19.5 Å². The van der Waals surface area contributed by atoms with Gasteiger partial charge < -0.3 is 19.5 Å². The molecule has 0 fully saturated rings. The summed E-state index contributed by atoms with van der Waals surface area (Å²) in [7, 11) is 1.63. The van der Waals surface area contributed by atoms with E-state index < -0.39 is 6.23 Å². The Bertz CT molecular complexity index is 1030. The standard InChI is InChI=1S/C22H24N4O3S/c1-4-13-30-22-24-21-18(25-26-22)14-9-6-7-11-16(14)23-20(29-21)15-10-8-12-17(28-5-2)19(15)27-3/h6-12,20,23H,4-5,13H2,1-3H3/t20-/m1/s1. The van der Waals surface area contributed by atoms with Crippen molar-refractivity contribution in [3.05, 3.63) is 48.0 Å². The number of hydrogen-bond donors (Lipinski definition) is 1. The van der Waals surface area contributed by atoms with Crippen LogP contribution in [0, 0.1) is 0 Å². The van der Waals surface area contributed by atoms with Gasteiger partial charge in [0.05, 0.1) is 19.3 Å². The van der Waals surface area contributed by atoms with Gasteiger partial charge in [0.25, 0.3) is 0 Å². The molecule has 30 heavy (non-hydrogen) atoms. The van der Waals surface area contributed by atoms with Crippen LogP contribution in [0.1, 0.15) is 32.1 Å². The van der Waals surface area contributed by atoms with Gasteiger partial charge in [-0.15, -0.1) is 10.2 Å². The first-order valence-corrected chi connectivity index (χ1v) is 10.9. The van der Waals surface area contributed by atoms with E-state index in [4.69, 9.17) is 14.2 Å². The lowest BCUT2D eigenvalue weighted by atomic mass is 10.1. The van der Waals surface area contributed by atoms with Gasteiger partial charge in [0, 0.05) is 17.0 Å². The fraction of sp³-hybridized carbons (Fsp3) is 0.318. The highest BCUT2D eigenvalue weighted by atomic mass is 32.2. The summed E-state index contributed by atoms with van der Waals surface area (Å²) in [5.74, 6) is 2.65. The first-order chi connectivity index (χ1) is 14.7. The van der Waals surface area contributed by atoms with Gasteiger partial charge in [0.2, 0.25) is 17.3 Å². The molecule has 0 unspecified atom stereocenters. The number of aromatic nitrogens is 3. The van der Waals surface area contributed by atoms with Crippen molar-refractivity contribution in [3.8, 4) is 28.6 Å². The summed E-state index contributed by atoms with van der Waals surface area (Å²) in [6, 6.07) is 13.7. The number of rotatable bonds is 7. The molecule has 0 saturated heterocycles. The van der Waals surface area contributed by atoms with E-state index in [0.29, 0.717) is 34.8 Å². The Kier molecular flexibility index (Phi) is 6.23. The first-order valence-electron chi connectivity index (χ1n) is 9.95. The zero-order chi connectivity index (χ0) is 20.9. The maximum absolute atomic E-state index is 6.35. The average Bonchev–Trinajstić information content (AvgIpc) is 2.94. The van der Waals surface area contributed by atoms with Crippen molar-refractivity contribution in [2.24, 2.45) is 0 Å². The predicted octanol–water partition coefficient (Wildman–Crippen LogP) is 4.95. The van der Waals surface area contributed by atoms with E-state index >= 15 is 0 Å². The molecule has 1 aromatic heterocycles. The summed E-state index contributed by atoms with van der Waals surface area (Å²) >= 11 is 1.57. The Morgan fingerprint density at radius 2 is 1.97 bits per heavy atom. The van der Waals surface area contributed by atoms with Gasteiger partial charge in [-0.3, -0.25) is 0 Å². The van der Waals surface area contributed by atoms with Crippen molar-refractivity contribution < 1.29 is 14.2 Å². The van der Waals surface area contributed by atoms with Crippen LogP contribution >= 0.6 is 11.8 Å². The van der Waals surface area contributed by atoms with Gasteiger partial charge in [0.15, 0.2) is 17.2 Å². The van der Waals surface area contributed by atoms with Crippen LogP contribution in [0.3, 0.4) is 0 Å². The highest BCUT2D eigenvalue weighted by molar-refractivity contribution is 7.99. The lowest BCUT2D eigenvalue weighted by molar-refractivity contribution is 0.217. The number of thioether (sulfide) groups is 1. The normalized spacial score (nSPS) is 14.6. The maximum atomic E-state index is 6.35. The third-order valence-electron chi connectivity index (χ3n) is 4.56. The van der Waals surface area contributed by atoms with E-state index in [0.717, 1.165) is 29.0 Å². The molecule has 0 spiro atoms. The van der Waals surface area contributed by atoms with E-state index in [-0.39, 0.29) is 0 Å². The molecular formula is C22H24N4O3S. The molecule has 156 valence electrons. The molecule has 4 rings (SSSR count). The second kappa shape index (κ2) is 9.21. The smallest absolute Gasteiger partial charge is 0.247 e. The molecule has 1 aliphatic heterocycles. The molecule has 0 saturated carbocycles. The zero-order valence-corrected chi connectivity index (χ0v) is 18.0. The largest absolute Gasteiger partial charge is 0.492 e. The Hall–Kier alpha value is -3.00. The average molecular weight is 425 g/mol. The predicted molar refractivity (Wildman–Crippen MR) is 117 cm³/mol. The maximum Gasteiger partial charge on any atom is 0.247 e. The van der Waals surface area contributed by atoms with Crippen LogP contribution in [-0.2, 0) is 0 Å². The van der Waals surface area contributed by atoms with Gasteiger partial charge >= 0.3 is 0 Å². The first kappa shape index (κ1) is 20.3. The molecule has 1 aliphatic rings. The molecule has 3 aromatic rings. The summed E-state index contributed by atoms with van der Waals surface area (Å²) in [5, 5.41) is 12.8. The summed E-state index contributed by atoms with van der Waals surface area (Å²) in [5.41, 5.74) is 3.20. The monoisotopic (exact) mass is 424 g/mol. The number of nitrogens with zero attached hydrogens (tertiary/aromatic N) is 3. The van der Waals surface area contributed by atoms with Gasteiger partial charge in [-0.05, 0) is 31.5 Å². The van der Waals surface area contributed by atoms with Crippen molar-refractivity contribution in [2.45, 2.75) is 31.7 Å². The highest BCUT2D eigenvalue weighted by Gasteiger charge is 2.28. The van der Waals surface area contributed by atoms with Gasteiger partial charge in [-0.1, -0.05) is 43.0 Å². The van der Waals surface area contributed by atoms with E-state index in [1.807, 2.05) is 49.4 Å². The van der Waals surface area contributed by atoms with Crippen LogP contribution in [0.15, 0.2) is 47.6 Å². The lowest BCUT2D eigenvalue weighted by Gasteiger charge is -2.22. The second-order valence-electron chi connectivity index (χ2n) is 6.60. The van der Waals surface area contributed by atoms with Crippen molar-refractivity contribution in [1.29, 1.82) is 0 Å². The third kappa shape index (κ3) is 4.00. The van der Waals surface area contributed by atoms with Gasteiger partial charge in [-0.25, -0.2) is 0 Å². The minimum atomic E-state index is -0.538. The Balaban J connectivity index is 1.81. The molecule has 0 amide bonds. The summed E-state index contributed by atoms with van der Waals surface area (Å²) < 4.78 is 17.8. The number of anilines is 1. The quantitative estimate of drug-likeness (QED) is 0.534. The van der Waals surface area contributed by atoms with E-state index in [1.165, 1.54) is 0 Å². The molecule has 1 N–H and O–H groups in total. The molecular weight excluding hydrogens is 400 g/mol. The molecule has 2 heterocycles. The number of hydrogen-bond acceptors (Lipinski definition) is 8. The summed E-state index contributed by atoms with van der Waals surface area (Å²) in [4.78, 5) is 4.65. The fourth-order valence-electron chi connectivity index (χ4n) is 3.27. The molecule has 0 bridgehead atoms. The molecule has 0 aliphatic carbocycles. The van der Waals surface area contributed by atoms with Crippen molar-refractivity contribution >= 4 is 17.4 Å². The molecule has 1 atom stereocenters. The van der Waals surface area contributed by atoms with Crippen molar-refractivity contribution in [2.75, 3.05) is 24.8 Å². The van der Waals surface area contributed by atoms with Gasteiger partial charge in [0.1, 0.15) is 0 Å². The Morgan fingerprint density at radius 3 is 2.77 bits per heavy atom. The lowest BCUT2D eigenvalue weighted by Crippen LogP contribution is -2.18. The van der Waals surface area contributed by atoms with E-state index in [9.17, 15) is 0 Å². The van der Waals surface area contributed by atoms with Crippen molar-refractivity contribution in [1.82, 2.24) is 15.2 Å². The third-order valence-corrected chi connectivity index (χ3v) is 5.61. The van der Waals surface area contributed by atoms with Gasteiger partial charge in [-0.2, -0.15) is 4.98 Å². The highest BCUT2D eigenvalue weighted by Crippen LogP contribution is 2.43. The van der Waals surface area contributed by atoms with E-state index in [1.54, 1.807) is 18.9 Å². The van der Waals surface area contributed by atoms with Crippen LogP contribution in [0.5, 0.6) is 17.4 Å². The molecule has 7 nitrogen and oxygen atoms in total. The number of methoxy groups -OCH3 is 1. The van der Waals surface area contributed by atoms with E-state index in [2.05, 4.69) is 27.4 Å².